The van der Waals surface area contributed by atoms with Crippen molar-refractivity contribution >= 4 is 86.0 Å². The molecule has 0 saturated carbocycles. The summed E-state index contributed by atoms with van der Waals surface area (Å²) in [6.07, 6.45) is 0. The summed E-state index contributed by atoms with van der Waals surface area (Å²) >= 11 is 0. The molecule has 18 N–H and O–H groups in total. The first-order chi connectivity index (χ1) is 24.4. The normalized spacial score (nSPS) is 11.8. The maximum absolute atomic E-state index is 12.4. The number of hydrogen-bond donors (Lipinski definition) is 9. The van der Waals surface area contributed by atoms with Gasteiger partial charge in [-0.25, -0.2) is 0 Å². The van der Waals surface area contributed by atoms with Crippen LogP contribution in [0.15, 0.2) is 132 Å². The van der Waals surface area contributed by atoms with E-state index >= 15 is 0 Å². The Morgan fingerprint density at radius 3 is 1.79 bits per heavy atom. The maximum atomic E-state index is 12.4. The number of fused-ring (bicyclic) bond motifs is 2. The van der Waals surface area contributed by atoms with Crippen LogP contribution in [0.1, 0.15) is 5.56 Å². The molecule has 0 aliphatic carbocycles. The Morgan fingerprint density at radius 2 is 1.16 bits per heavy atom. The predicted octanol–water partition coefficient (Wildman–Crippen LogP) is 9.15. The van der Waals surface area contributed by atoms with Crippen LogP contribution in [0, 0.1) is 6.92 Å². The number of aryl methyl sites for hydroxylation is 1. The van der Waals surface area contributed by atoms with E-state index in [0.29, 0.717) is 11.3 Å². The van der Waals surface area contributed by atoms with E-state index in [9.17, 15) is 49.1 Å². The standard InChI is InChI=1S/C33H25N5O11S3.Cu.3H3N/c1-18-12-27(28(39)17-26(18)36-35-22-15-25-24(30(16-22)51(44,45)46)8-5-9-29(25)50(41,42)43)37-38-32-31(52(47,48)49)14-19-13-21(10-11-23(19)33(32)40)34-20-6-3-2-4-7-20;;;;/h2-17,34,39-40H,1H3,(H,41,42,43)(H,44,45,46)(H,47,48,49);;3*1H3/p+3. The van der Waals surface area contributed by atoms with Gasteiger partial charge >= 0.3 is 0 Å². The summed E-state index contributed by atoms with van der Waals surface area (Å²) < 4.78 is 102. The number of rotatable bonds is 9. The number of nitrogens with one attached hydrogen (secondary N) is 1. The number of hydrogen-bond acceptors (Lipinski definition) is 13. The van der Waals surface area contributed by atoms with Gasteiger partial charge in [-0.2, -0.15) is 35.5 Å². The van der Waals surface area contributed by atoms with Gasteiger partial charge in [0.2, 0.25) is 0 Å². The minimum Gasteiger partial charge on any atom is -0.506 e. The molecule has 0 fully saturated rings. The summed E-state index contributed by atoms with van der Waals surface area (Å²) in [6.45, 7) is 1.52. The van der Waals surface area contributed by atoms with Gasteiger partial charge in [-0.05, 0) is 78.5 Å². The topological polar surface area (TPSA) is 375 Å². The van der Waals surface area contributed by atoms with Gasteiger partial charge in [0.1, 0.15) is 31.8 Å². The molecule has 0 amide bonds. The first-order valence-electron chi connectivity index (χ1n) is 14.7. The molecule has 6 aromatic carbocycles. The average molecular weight is 881 g/mol. The first kappa shape index (κ1) is 46.7. The second-order valence-electron chi connectivity index (χ2n) is 11.2. The Kier molecular flexibility index (Phi) is 14.7. The second kappa shape index (κ2) is 17.6. The number of quaternary nitrogens is 3. The zero-order chi connectivity index (χ0) is 37.6. The van der Waals surface area contributed by atoms with Crippen LogP contribution in [0.4, 0.5) is 34.1 Å². The van der Waals surface area contributed by atoms with Crippen LogP contribution in [0.3, 0.4) is 0 Å². The van der Waals surface area contributed by atoms with Crippen molar-refractivity contribution in [3.8, 4) is 11.5 Å². The molecule has 23 heteroatoms. The summed E-state index contributed by atoms with van der Waals surface area (Å²) in [4.78, 5) is -2.10. The Hall–Kier alpha value is -5.43. The van der Waals surface area contributed by atoms with E-state index < -0.39 is 62.2 Å². The molecule has 0 spiro atoms. The van der Waals surface area contributed by atoms with Gasteiger partial charge in [0.05, 0.1) is 11.4 Å². The fourth-order valence-corrected chi connectivity index (χ4v) is 7.37. The number of anilines is 2. The zero-order valence-corrected chi connectivity index (χ0v) is 33.1. The number of phenolic OH excluding ortho intramolecular Hbond substituents is 2. The quantitative estimate of drug-likeness (QED) is 0.0373. The molecule has 0 saturated heterocycles. The van der Waals surface area contributed by atoms with Crippen LogP contribution in [0.25, 0.3) is 21.5 Å². The summed E-state index contributed by atoms with van der Waals surface area (Å²) in [7, 11) is -14.7. The molecule has 6 rings (SSSR count). The molecule has 6 aromatic rings. The van der Waals surface area contributed by atoms with Crippen LogP contribution in [0.5, 0.6) is 11.5 Å². The molecule has 56 heavy (non-hydrogen) atoms. The molecular formula is C33H37CuN8O11S3+3. The van der Waals surface area contributed by atoms with Crippen molar-refractivity contribution in [2.45, 2.75) is 21.6 Å². The van der Waals surface area contributed by atoms with Crippen LogP contribution in [0.2, 0.25) is 0 Å². The van der Waals surface area contributed by atoms with E-state index in [1.165, 1.54) is 31.2 Å². The molecule has 301 valence electrons. The predicted molar refractivity (Wildman–Crippen MR) is 208 cm³/mol. The van der Waals surface area contributed by atoms with E-state index in [-0.39, 0.29) is 74.1 Å². The summed E-state index contributed by atoms with van der Waals surface area (Å²) in [6, 6.07) is 22.8. The molecular weight excluding hydrogens is 844 g/mol. The van der Waals surface area contributed by atoms with Gasteiger partial charge in [-0.15, -0.1) is 10.2 Å². The number of phenols is 2. The van der Waals surface area contributed by atoms with Gasteiger partial charge in [0.15, 0.2) is 5.75 Å². The fraction of sp³-hybridized carbons (Fsp3) is 0.0303. The van der Waals surface area contributed by atoms with Crippen molar-refractivity contribution < 1.29 is 66.2 Å². The van der Waals surface area contributed by atoms with Crippen molar-refractivity contribution in [1.29, 1.82) is 0 Å². The molecule has 1 radical (unpaired) electrons. The smallest absolute Gasteiger partial charge is 0.296 e. The largest absolute Gasteiger partial charge is 0.506 e. The van der Waals surface area contributed by atoms with E-state index in [2.05, 4.69) is 25.8 Å². The molecule has 0 aliphatic rings. The van der Waals surface area contributed by atoms with E-state index in [0.717, 1.165) is 36.0 Å². The first-order valence-corrected chi connectivity index (χ1v) is 19.0. The van der Waals surface area contributed by atoms with Gasteiger partial charge in [0, 0.05) is 50.7 Å². The molecule has 0 atom stereocenters. The Labute approximate surface area is 330 Å². The third-order valence-corrected chi connectivity index (χ3v) is 10.3. The van der Waals surface area contributed by atoms with E-state index in [1.807, 2.05) is 30.3 Å². The monoisotopic (exact) mass is 880 g/mol. The fourth-order valence-electron chi connectivity index (χ4n) is 5.29. The number of nitrogens with zero attached hydrogens (tertiary/aromatic N) is 4. The molecule has 0 bridgehead atoms. The Morgan fingerprint density at radius 1 is 0.536 bits per heavy atom. The third-order valence-electron chi connectivity index (χ3n) is 7.67. The number of para-hydroxylation sites is 1. The van der Waals surface area contributed by atoms with Gasteiger partial charge in [-0.3, -0.25) is 13.7 Å². The van der Waals surface area contributed by atoms with Gasteiger partial charge in [0.25, 0.3) is 30.4 Å². The van der Waals surface area contributed by atoms with Crippen LogP contribution in [-0.2, 0) is 47.4 Å². The number of benzene rings is 6. The van der Waals surface area contributed by atoms with Crippen LogP contribution >= 0.6 is 0 Å². The van der Waals surface area contributed by atoms with Gasteiger partial charge in [-0.1, -0.05) is 30.3 Å². The number of aromatic hydroxyl groups is 2. The van der Waals surface area contributed by atoms with Crippen molar-refractivity contribution in [1.82, 2.24) is 18.5 Å². The van der Waals surface area contributed by atoms with Crippen LogP contribution < -0.4 is 23.8 Å². The molecule has 0 unspecified atom stereocenters. The molecule has 19 nitrogen and oxygen atoms in total. The minimum absolute atomic E-state index is 0. The molecule has 0 aromatic heterocycles. The van der Waals surface area contributed by atoms with Crippen LogP contribution in [-0.4, -0.2) is 49.1 Å². The van der Waals surface area contributed by atoms with Crippen molar-refractivity contribution in [3.05, 3.63) is 103 Å². The third kappa shape index (κ3) is 9.86. The molecule has 0 heterocycles. The van der Waals surface area contributed by atoms with Crippen molar-refractivity contribution in [2.75, 3.05) is 5.32 Å². The van der Waals surface area contributed by atoms with Crippen molar-refractivity contribution in [3.63, 3.8) is 0 Å². The maximum Gasteiger partial charge on any atom is 0.296 e. The van der Waals surface area contributed by atoms with Crippen molar-refractivity contribution in [2.24, 2.45) is 20.5 Å². The van der Waals surface area contributed by atoms with E-state index in [1.54, 1.807) is 12.1 Å². The number of azo groups is 2. The summed E-state index contributed by atoms with van der Waals surface area (Å²) in [5.74, 6) is -1.15. The second-order valence-corrected chi connectivity index (χ2v) is 15.4. The SMILES string of the molecule is Cc1cc(N=Nc2c(S(=O)(=O)O)cc3cc(Nc4ccccc4)ccc3c2O)c(O)cc1N=Nc1cc(S(=O)(=O)O)c2cccc(S(=O)(=O)O)c2c1.[Cu].[NH4+].[NH4+].[NH4+]. The van der Waals surface area contributed by atoms with Gasteiger partial charge < -0.3 is 34.0 Å². The Balaban J connectivity index is 0.00000271. The Bertz CT molecular complexity index is 2850. The molecule has 0 aliphatic heterocycles. The van der Waals surface area contributed by atoms with E-state index in [4.69, 9.17) is 0 Å². The summed E-state index contributed by atoms with van der Waals surface area (Å²) in [5.41, 5.74) is 0.580. The average Bonchev–Trinajstić information content (AvgIpc) is 3.06. The summed E-state index contributed by atoms with van der Waals surface area (Å²) in [5, 5.41) is 40.6. The zero-order valence-electron chi connectivity index (χ0n) is 29.7. The minimum atomic E-state index is -4.94.